The Morgan fingerprint density at radius 1 is 1.61 bits per heavy atom. The zero-order valence-corrected chi connectivity index (χ0v) is 9.65. The number of hydrogen-bond donors (Lipinski definition) is 0. The summed E-state index contributed by atoms with van der Waals surface area (Å²) in [7, 11) is 0. The van der Waals surface area contributed by atoms with Crippen LogP contribution in [0.5, 0.6) is 0 Å². The molecule has 0 saturated carbocycles. The smallest absolute Gasteiger partial charge is 0.356 e. The Bertz CT molecular complexity index is 491. The van der Waals surface area contributed by atoms with E-state index < -0.39 is 28.7 Å². The number of esters is 1. The van der Waals surface area contributed by atoms with Crippen molar-refractivity contribution in [1.82, 2.24) is 4.98 Å². The Morgan fingerprint density at radius 3 is 2.67 bits per heavy atom. The van der Waals surface area contributed by atoms with Crippen LogP contribution in [0.2, 0.25) is 0 Å². The molecule has 0 aliphatic carbocycles. The van der Waals surface area contributed by atoms with Gasteiger partial charge in [-0.25, -0.2) is 18.6 Å². The molecule has 0 aliphatic rings. The van der Waals surface area contributed by atoms with Crippen molar-refractivity contribution < 1.29 is 23.2 Å². The predicted octanol–water partition coefficient (Wildman–Crippen LogP) is 2.41. The first kappa shape index (κ1) is 13.9. The van der Waals surface area contributed by atoms with E-state index in [4.69, 9.17) is 0 Å². The molecule has 0 aliphatic heterocycles. The third kappa shape index (κ3) is 2.76. The van der Waals surface area contributed by atoms with Crippen LogP contribution in [-0.4, -0.2) is 22.5 Å². The molecule has 0 atom stereocenters. The molecule has 0 radical (unpaired) electrons. The minimum Gasteiger partial charge on any atom is -0.461 e. The minimum atomic E-state index is -3.14. The molecular formula is C10H10F2N2O4. The summed E-state index contributed by atoms with van der Waals surface area (Å²) in [6, 6.07) is 1.06. The average molecular weight is 260 g/mol. The standard InChI is InChI=1S/C10H10F2N2O4/c1-3-18-10(15)6-4-5(2)8(14(16)17)7(13-6)9(11)12/h4,9H,3H2,1-2H3. The second-order valence-corrected chi connectivity index (χ2v) is 3.34. The lowest BCUT2D eigenvalue weighted by Gasteiger charge is -2.07. The number of carbonyl (C=O) groups excluding carboxylic acids is 1. The summed E-state index contributed by atoms with van der Waals surface area (Å²) in [5.74, 6) is -0.891. The first-order valence-corrected chi connectivity index (χ1v) is 4.99. The normalized spacial score (nSPS) is 10.5. The molecule has 98 valence electrons. The van der Waals surface area contributed by atoms with E-state index in [0.29, 0.717) is 0 Å². The summed E-state index contributed by atoms with van der Waals surface area (Å²) in [5, 5.41) is 10.7. The number of ether oxygens (including phenoxy) is 1. The molecule has 0 amide bonds. The molecule has 1 heterocycles. The fraction of sp³-hybridized carbons (Fsp3) is 0.400. The molecule has 0 aromatic carbocycles. The van der Waals surface area contributed by atoms with Crippen molar-refractivity contribution in [3.8, 4) is 0 Å². The lowest BCUT2D eigenvalue weighted by molar-refractivity contribution is -0.387. The maximum Gasteiger partial charge on any atom is 0.356 e. The molecule has 6 nitrogen and oxygen atoms in total. The third-order valence-electron chi connectivity index (χ3n) is 2.08. The summed E-state index contributed by atoms with van der Waals surface area (Å²) in [5.41, 5.74) is -2.23. The van der Waals surface area contributed by atoms with E-state index in [2.05, 4.69) is 9.72 Å². The van der Waals surface area contributed by atoms with Crippen molar-refractivity contribution in [2.24, 2.45) is 0 Å². The molecule has 0 saturated heterocycles. The zero-order chi connectivity index (χ0) is 13.9. The molecule has 1 rings (SSSR count). The third-order valence-corrected chi connectivity index (χ3v) is 2.08. The number of nitro groups is 1. The van der Waals surface area contributed by atoms with E-state index in [1.54, 1.807) is 6.92 Å². The fourth-order valence-corrected chi connectivity index (χ4v) is 1.39. The van der Waals surface area contributed by atoms with E-state index in [1.165, 1.54) is 6.92 Å². The van der Waals surface area contributed by atoms with Gasteiger partial charge in [-0.3, -0.25) is 10.1 Å². The number of rotatable bonds is 4. The number of hydrogen-bond acceptors (Lipinski definition) is 5. The Labute approximate surface area is 101 Å². The number of pyridine rings is 1. The Hall–Kier alpha value is -2.12. The van der Waals surface area contributed by atoms with Crippen LogP contribution in [0.4, 0.5) is 14.5 Å². The Balaban J connectivity index is 3.36. The topological polar surface area (TPSA) is 82.3 Å². The summed E-state index contributed by atoms with van der Waals surface area (Å²) < 4.78 is 30.0. The lowest BCUT2D eigenvalue weighted by atomic mass is 10.1. The highest BCUT2D eigenvalue weighted by atomic mass is 19.3. The van der Waals surface area contributed by atoms with Gasteiger partial charge in [-0.2, -0.15) is 0 Å². The molecule has 0 spiro atoms. The maximum absolute atomic E-state index is 12.7. The van der Waals surface area contributed by atoms with Gasteiger partial charge in [-0.15, -0.1) is 0 Å². The first-order chi connectivity index (χ1) is 8.38. The highest BCUT2D eigenvalue weighted by Crippen LogP contribution is 2.30. The summed E-state index contributed by atoms with van der Waals surface area (Å²) in [6.07, 6.45) is -3.14. The fourth-order valence-electron chi connectivity index (χ4n) is 1.39. The number of aryl methyl sites for hydroxylation is 1. The summed E-state index contributed by atoms with van der Waals surface area (Å²) in [4.78, 5) is 24.4. The summed E-state index contributed by atoms with van der Waals surface area (Å²) in [6.45, 7) is 2.86. The van der Waals surface area contributed by atoms with Crippen LogP contribution in [0.25, 0.3) is 0 Å². The lowest BCUT2D eigenvalue weighted by Crippen LogP contribution is -2.11. The molecular weight excluding hydrogens is 250 g/mol. The van der Waals surface area contributed by atoms with Gasteiger partial charge in [0, 0.05) is 5.56 Å². The van der Waals surface area contributed by atoms with Crippen molar-refractivity contribution in [2.45, 2.75) is 20.3 Å². The number of aromatic nitrogens is 1. The van der Waals surface area contributed by atoms with Gasteiger partial charge < -0.3 is 4.74 Å². The number of carbonyl (C=O) groups is 1. The second kappa shape index (κ2) is 5.48. The van der Waals surface area contributed by atoms with Crippen LogP contribution in [0, 0.1) is 17.0 Å². The van der Waals surface area contributed by atoms with Gasteiger partial charge in [0.15, 0.2) is 5.69 Å². The average Bonchev–Trinajstić information content (AvgIpc) is 2.27. The predicted molar refractivity (Wildman–Crippen MR) is 56.5 cm³/mol. The zero-order valence-electron chi connectivity index (χ0n) is 9.65. The number of alkyl halides is 2. The van der Waals surface area contributed by atoms with Gasteiger partial charge in [0.2, 0.25) is 0 Å². The molecule has 1 aromatic heterocycles. The molecule has 0 N–H and O–H groups in total. The van der Waals surface area contributed by atoms with Gasteiger partial charge in [0.05, 0.1) is 11.5 Å². The largest absolute Gasteiger partial charge is 0.461 e. The quantitative estimate of drug-likeness (QED) is 0.471. The number of nitrogens with zero attached hydrogens (tertiary/aromatic N) is 2. The van der Waals surface area contributed by atoms with E-state index >= 15 is 0 Å². The SMILES string of the molecule is CCOC(=O)c1cc(C)c([N+](=O)[O-])c(C(F)F)n1. The second-order valence-electron chi connectivity index (χ2n) is 3.34. The maximum atomic E-state index is 12.7. The highest BCUT2D eigenvalue weighted by molar-refractivity contribution is 5.88. The van der Waals surface area contributed by atoms with Crippen LogP contribution in [-0.2, 0) is 4.74 Å². The van der Waals surface area contributed by atoms with Crippen LogP contribution in [0.15, 0.2) is 6.07 Å². The molecule has 0 bridgehead atoms. The number of halogens is 2. The van der Waals surface area contributed by atoms with Gasteiger partial charge in [-0.1, -0.05) is 0 Å². The molecule has 1 aromatic rings. The minimum absolute atomic E-state index is 0.0561. The van der Waals surface area contributed by atoms with Crippen molar-refractivity contribution in [2.75, 3.05) is 6.61 Å². The van der Waals surface area contributed by atoms with E-state index in [9.17, 15) is 23.7 Å². The van der Waals surface area contributed by atoms with E-state index in [0.717, 1.165) is 6.07 Å². The molecule has 8 heteroatoms. The Kier molecular flexibility index (Phi) is 4.24. The van der Waals surface area contributed by atoms with E-state index in [-0.39, 0.29) is 17.9 Å². The van der Waals surface area contributed by atoms with E-state index in [1.807, 2.05) is 0 Å². The van der Waals surface area contributed by atoms with Gasteiger partial charge in [-0.05, 0) is 19.9 Å². The van der Waals surface area contributed by atoms with Gasteiger partial charge in [0.25, 0.3) is 12.1 Å². The van der Waals surface area contributed by atoms with Crippen molar-refractivity contribution >= 4 is 11.7 Å². The van der Waals surface area contributed by atoms with Crippen LogP contribution >= 0.6 is 0 Å². The van der Waals surface area contributed by atoms with Crippen molar-refractivity contribution in [3.63, 3.8) is 0 Å². The van der Waals surface area contributed by atoms with Gasteiger partial charge >= 0.3 is 5.97 Å². The van der Waals surface area contributed by atoms with Crippen LogP contribution in [0.1, 0.15) is 35.1 Å². The van der Waals surface area contributed by atoms with Gasteiger partial charge in [0.1, 0.15) is 5.69 Å². The molecule has 0 fully saturated rings. The summed E-state index contributed by atoms with van der Waals surface area (Å²) >= 11 is 0. The van der Waals surface area contributed by atoms with Crippen LogP contribution < -0.4 is 0 Å². The molecule has 0 unspecified atom stereocenters. The Morgan fingerprint density at radius 2 is 2.22 bits per heavy atom. The monoisotopic (exact) mass is 260 g/mol. The van der Waals surface area contributed by atoms with Crippen LogP contribution in [0.3, 0.4) is 0 Å². The highest BCUT2D eigenvalue weighted by Gasteiger charge is 2.28. The van der Waals surface area contributed by atoms with Crippen molar-refractivity contribution in [3.05, 3.63) is 33.1 Å². The van der Waals surface area contributed by atoms with Crippen molar-refractivity contribution in [1.29, 1.82) is 0 Å². The molecule has 18 heavy (non-hydrogen) atoms. The first-order valence-electron chi connectivity index (χ1n) is 4.99.